The zero-order chi connectivity index (χ0) is 30.1. The van der Waals surface area contributed by atoms with Crippen LogP contribution in [0.5, 0.6) is 5.75 Å². The molecular weight excluding hydrogens is 568 g/mol. The van der Waals surface area contributed by atoms with Gasteiger partial charge in [0.2, 0.25) is 0 Å². The van der Waals surface area contributed by atoms with Gasteiger partial charge in [0.05, 0.1) is 33.9 Å². The summed E-state index contributed by atoms with van der Waals surface area (Å²) in [5.74, 6) is 1.22. The Morgan fingerprint density at radius 1 is 1.05 bits per heavy atom. The van der Waals surface area contributed by atoms with Crippen molar-refractivity contribution in [3.63, 3.8) is 0 Å². The second kappa shape index (κ2) is 11.4. The molecule has 0 radical (unpaired) electrons. The molecule has 0 fully saturated rings. The van der Waals surface area contributed by atoms with Crippen molar-refractivity contribution in [3.05, 3.63) is 143 Å². The quantitative estimate of drug-likeness (QED) is 0.208. The van der Waals surface area contributed by atoms with Crippen molar-refractivity contribution in [2.45, 2.75) is 13.0 Å². The summed E-state index contributed by atoms with van der Waals surface area (Å²) in [6.07, 6.45) is 1.63. The monoisotopic (exact) mass is 592 g/mol. The van der Waals surface area contributed by atoms with Crippen molar-refractivity contribution in [3.8, 4) is 17.1 Å². The van der Waals surface area contributed by atoms with Crippen LogP contribution in [-0.2, 0) is 4.79 Å². The van der Waals surface area contributed by atoms with E-state index in [0.29, 0.717) is 49.1 Å². The van der Waals surface area contributed by atoms with Crippen LogP contribution in [0.25, 0.3) is 17.4 Å². The minimum absolute atomic E-state index is 0.0184. The molecule has 0 saturated heterocycles. The largest absolute Gasteiger partial charge is 0.497 e. The number of rotatable bonds is 7. The first-order valence-electron chi connectivity index (χ1n) is 13.2. The van der Waals surface area contributed by atoms with Crippen molar-refractivity contribution < 1.29 is 18.9 Å². The molecule has 6 rings (SSSR count). The van der Waals surface area contributed by atoms with E-state index in [9.17, 15) is 19.7 Å². The number of benzene rings is 3. The highest BCUT2D eigenvalue weighted by atomic mass is 32.1. The molecule has 0 bridgehead atoms. The van der Waals surface area contributed by atoms with E-state index in [1.807, 2.05) is 30.3 Å². The average molecular weight is 593 g/mol. The summed E-state index contributed by atoms with van der Waals surface area (Å²) in [7, 11) is 1.57. The number of fused-ring (bicyclic) bond motifs is 1. The third kappa shape index (κ3) is 5.41. The molecule has 0 spiro atoms. The Kier molecular flexibility index (Phi) is 7.31. The number of nitro benzene ring substituents is 1. The molecule has 1 aliphatic rings. The second-order valence-corrected chi connectivity index (χ2v) is 10.7. The van der Waals surface area contributed by atoms with Crippen molar-refractivity contribution in [1.82, 2.24) is 4.57 Å². The maximum Gasteiger partial charge on any atom is 0.271 e. The number of non-ortho nitro benzene ring substituents is 1. The lowest BCUT2D eigenvalue weighted by Crippen LogP contribution is -2.40. The smallest absolute Gasteiger partial charge is 0.271 e. The van der Waals surface area contributed by atoms with E-state index < -0.39 is 11.0 Å². The lowest BCUT2D eigenvalue weighted by atomic mass is 9.95. The Morgan fingerprint density at radius 2 is 1.77 bits per heavy atom. The molecule has 1 N–H and O–H groups in total. The van der Waals surface area contributed by atoms with E-state index in [1.54, 1.807) is 68.6 Å². The topological polar surface area (TPSA) is 129 Å². The molecule has 0 saturated carbocycles. The number of nitro groups is 1. The minimum Gasteiger partial charge on any atom is -0.497 e. The Balaban J connectivity index is 1.42. The number of carbonyl (C=O) groups excluding carboxylic acids is 1. The molecule has 1 aliphatic heterocycles. The molecule has 3 aromatic carbocycles. The summed E-state index contributed by atoms with van der Waals surface area (Å²) in [5, 5.41) is 13.9. The molecule has 1 atom stereocenters. The maximum absolute atomic E-state index is 13.9. The van der Waals surface area contributed by atoms with Gasteiger partial charge < -0.3 is 14.5 Å². The van der Waals surface area contributed by atoms with Crippen LogP contribution >= 0.6 is 11.3 Å². The van der Waals surface area contributed by atoms with Crippen LogP contribution in [0.15, 0.2) is 116 Å². The van der Waals surface area contributed by atoms with Crippen molar-refractivity contribution in [2.75, 3.05) is 12.4 Å². The van der Waals surface area contributed by atoms with Crippen LogP contribution in [0.3, 0.4) is 0 Å². The number of furan rings is 1. The van der Waals surface area contributed by atoms with Crippen molar-refractivity contribution >= 4 is 34.7 Å². The Hall–Kier alpha value is -5.55. The summed E-state index contributed by atoms with van der Waals surface area (Å²) in [6.45, 7) is 1.76. The van der Waals surface area contributed by atoms with Crippen molar-refractivity contribution in [1.29, 1.82) is 0 Å². The average Bonchev–Trinajstić information content (AvgIpc) is 3.61. The number of hydrogen-bond acceptors (Lipinski definition) is 8. The van der Waals surface area contributed by atoms with E-state index in [2.05, 4.69) is 10.3 Å². The summed E-state index contributed by atoms with van der Waals surface area (Å²) >= 11 is 1.20. The number of aromatic nitrogens is 1. The summed E-state index contributed by atoms with van der Waals surface area (Å²) in [6, 6.07) is 25.1. The zero-order valence-electron chi connectivity index (χ0n) is 23.0. The minimum atomic E-state index is -0.736. The van der Waals surface area contributed by atoms with Crippen LogP contribution < -0.4 is 24.9 Å². The van der Waals surface area contributed by atoms with Gasteiger partial charge in [-0.05, 0) is 61.0 Å². The fourth-order valence-electron chi connectivity index (χ4n) is 4.90. The molecule has 214 valence electrons. The number of hydrogen-bond donors (Lipinski definition) is 1. The predicted octanol–water partition coefficient (Wildman–Crippen LogP) is 5.05. The first kappa shape index (κ1) is 27.6. The molecular formula is C32H24N4O6S. The van der Waals surface area contributed by atoms with Crippen LogP contribution in [0.4, 0.5) is 11.4 Å². The van der Waals surface area contributed by atoms with E-state index >= 15 is 0 Å². The normalized spacial score (nSPS) is 14.7. The van der Waals surface area contributed by atoms with E-state index in [4.69, 9.17) is 9.15 Å². The summed E-state index contributed by atoms with van der Waals surface area (Å²) in [4.78, 5) is 43.2. The van der Waals surface area contributed by atoms with Gasteiger partial charge in [0.25, 0.3) is 17.2 Å². The number of anilines is 1. The van der Waals surface area contributed by atoms with Gasteiger partial charge in [-0.15, -0.1) is 0 Å². The van der Waals surface area contributed by atoms with Crippen LogP contribution in [0, 0.1) is 10.1 Å². The fraction of sp³-hybridized carbons (Fsp3) is 0.0938. The lowest BCUT2D eigenvalue weighted by Gasteiger charge is -2.25. The molecule has 1 amide bonds. The summed E-state index contributed by atoms with van der Waals surface area (Å²) < 4.78 is 13.2. The first-order valence-corrected chi connectivity index (χ1v) is 14.0. The second-order valence-electron chi connectivity index (χ2n) is 9.68. The lowest BCUT2D eigenvalue weighted by molar-refractivity contribution is -0.384. The summed E-state index contributed by atoms with van der Waals surface area (Å²) in [5.41, 5.74) is 2.52. The van der Waals surface area contributed by atoms with Crippen LogP contribution in [0.1, 0.15) is 24.3 Å². The highest BCUT2D eigenvalue weighted by molar-refractivity contribution is 7.07. The maximum atomic E-state index is 13.9. The van der Waals surface area contributed by atoms with Crippen LogP contribution in [-0.4, -0.2) is 22.5 Å². The fourth-order valence-corrected chi connectivity index (χ4v) is 5.92. The predicted molar refractivity (Wildman–Crippen MR) is 163 cm³/mol. The van der Waals surface area contributed by atoms with Gasteiger partial charge in [0.15, 0.2) is 4.80 Å². The van der Waals surface area contributed by atoms with Gasteiger partial charge in [-0.3, -0.25) is 24.3 Å². The zero-order valence-corrected chi connectivity index (χ0v) is 23.8. The number of methoxy groups -OCH3 is 1. The van der Waals surface area contributed by atoms with Gasteiger partial charge in [-0.2, -0.15) is 0 Å². The Labute approximate surface area is 248 Å². The number of nitrogens with zero attached hydrogens (tertiary/aromatic N) is 3. The third-order valence-corrected chi connectivity index (χ3v) is 7.98. The number of ether oxygens (including phenoxy) is 1. The molecule has 0 unspecified atom stereocenters. The number of amides is 1. The number of nitrogens with one attached hydrogen (secondary N) is 1. The Bertz CT molecular complexity index is 2060. The SMILES string of the molecule is COc1ccc([C@@H]2C(C(=O)Nc3ccccc3)=C(C)N=c3s/c(=C/c4ccc(-c5ccc([N+](=O)[O-])cc5)o4)c(=O)n32)cc1. The molecule has 0 aliphatic carbocycles. The molecule has 11 heteroatoms. The highest BCUT2D eigenvalue weighted by Gasteiger charge is 2.32. The number of para-hydroxylation sites is 1. The number of thiazole rings is 1. The van der Waals surface area contributed by atoms with Gasteiger partial charge >= 0.3 is 0 Å². The third-order valence-electron chi connectivity index (χ3n) is 6.99. The molecule has 2 aromatic heterocycles. The molecule has 10 nitrogen and oxygen atoms in total. The van der Waals surface area contributed by atoms with Gasteiger partial charge in [-0.1, -0.05) is 41.7 Å². The van der Waals surface area contributed by atoms with Gasteiger partial charge in [0.1, 0.15) is 17.3 Å². The highest BCUT2D eigenvalue weighted by Crippen LogP contribution is 2.32. The van der Waals surface area contributed by atoms with Gasteiger partial charge in [-0.25, -0.2) is 4.99 Å². The number of carbonyl (C=O) groups is 1. The molecule has 3 heterocycles. The van der Waals surface area contributed by atoms with E-state index in [0.717, 1.165) is 5.56 Å². The standard InChI is InChI=1S/C32H24N4O6S/c1-19-28(30(37)34-22-6-4-3-5-7-22)29(21-10-14-24(41-2)15-11-21)35-31(38)27(43-32(35)33-19)18-25-16-17-26(42-25)20-8-12-23(13-9-20)36(39)40/h3-18,29H,1-2H3,(H,34,37)/b27-18+/t29-/m1/s1. The van der Waals surface area contributed by atoms with Gasteiger partial charge in [0, 0.05) is 29.5 Å². The van der Waals surface area contributed by atoms with E-state index in [1.165, 1.54) is 28.0 Å². The Morgan fingerprint density at radius 3 is 2.44 bits per heavy atom. The molecule has 5 aromatic rings. The van der Waals surface area contributed by atoms with E-state index in [-0.39, 0.29) is 17.2 Å². The van der Waals surface area contributed by atoms with Crippen molar-refractivity contribution in [2.24, 2.45) is 4.99 Å². The number of allylic oxidation sites excluding steroid dienone is 1. The first-order chi connectivity index (χ1) is 20.8. The molecule has 43 heavy (non-hydrogen) atoms. The van der Waals surface area contributed by atoms with Crippen LogP contribution in [0.2, 0.25) is 0 Å².